The predicted octanol–water partition coefficient (Wildman–Crippen LogP) is -2.04. The molecule has 10 heavy (non-hydrogen) atoms. The van der Waals surface area contributed by atoms with Crippen LogP contribution in [0.25, 0.3) is 0 Å². The van der Waals surface area contributed by atoms with Gasteiger partial charge in [0.15, 0.2) is 5.82 Å². The molecule has 0 aromatic carbocycles. The van der Waals surface area contributed by atoms with Gasteiger partial charge in [0.1, 0.15) is 13.1 Å². The van der Waals surface area contributed by atoms with Crippen molar-refractivity contribution in [3.8, 4) is 0 Å². The quantitative estimate of drug-likeness (QED) is 0.496. The molecule has 1 aromatic rings. The van der Waals surface area contributed by atoms with Crippen molar-refractivity contribution >= 4 is 0 Å². The summed E-state index contributed by atoms with van der Waals surface area (Å²) in [5.74, 6) is 0.789. The van der Waals surface area contributed by atoms with E-state index >= 15 is 0 Å². The molecule has 0 radical (unpaired) electrons. The maximum Gasteiger partial charge on any atom is 0.183 e. The second-order valence-electron chi connectivity index (χ2n) is 2.01. The lowest BCUT2D eigenvalue weighted by atomic mass is 10.3. The standard InChI is InChI=1S/C6H10N4/c7-1-5-3-9-6(2-8)10-4-5/h3-4H,1-2,7-8H2/p+2. The Hall–Kier alpha value is -1.00. The van der Waals surface area contributed by atoms with Gasteiger partial charge in [0, 0.05) is 18.0 Å². The monoisotopic (exact) mass is 140 g/mol. The van der Waals surface area contributed by atoms with E-state index in [-0.39, 0.29) is 0 Å². The van der Waals surface area contributed by atoms with Gasteiger partial charge in [-0.05, 0) is 0 Å². The Kier molecular flexibility index (Phi) is 2.30. The fraction of sp³-hybridized carbons (Fsp3) is 0.333. The van der Waals surface area contributed by atoms with Gasteiger partial charge in [-0.2, -0.15) is 0 Å². The van der Waals surface area contributed by atoms with Crippen LogP contribution in [0.4, 0.5) is 0 Å². The molecule has 0 aliphatic rings. The molecule has 1 aromatic heterocycles. The van der Waals surface area contributed by atoms with Crippen LogP contribution in [0.2, 0.25) is 0 Å². The second kappa shape index (κ2) is 3.24. The van der Waals surface area contributed by atoms with Crippen molar-refractivity contribution in [1.29, 1.82) is 0 Å². The average Bonchev–Trinajstić information content (AvgIpc) is 2.05. The van der Waals surface area contributed by atoms with Crippen molar-refractivity contribution in [2.75, 3.05) is 0 Å². The third kappa shape index (κ3) is 1.49. The van der Waals surface area contributed by atoms with Crippen LogP contribution in [0.15, 0.2) is 12.4 Å². The van der Waals surface area contributed by atoms with Crippen LogP contribution < -0.4 is 11.5 Å². The maximum atomic E-state index is 4.05. The minimum Gasteiger partial charge on any atom is -0.354 e. The van der Waals surface area contributed by atoms with E-state index in [0.29, 0.717) is 6.54 Å². The van der Waals surface area contributed by atoms with Gasteiger partial charge in [-0.3, -0.25) is 0 Å². The highest BCUT2D eigenvalue weighted by atomic mass is 14.9. The first-order valence-electron chi connectivity index (χ1n) is 3.25. The Labute approximate surface area is 59.3 Å². The number of nitrogens with zero attached hydrogens (tertiary/aromatic N) is 2. The lowest BCUT2D eigenvalue weighted by Gasteiger charge is -1.92. The fourth-order valence-corrected chi connectivity index (χ4v) is 0.640. The molecule has 0 saturated heterocycles. The summed E-state index contributed by atoms with van der Waals surface area (Å²) in [6.07, 6.45) is 3.58. The molecule has 4 nitrogen and oxygen atoms in total. The topological polar surface area (TPSA) is 81.1 Å². The molecule has 0 amide bonds. The summed E-state index contributed by atoms with van der Waals surface area (Å²) >= 11 is 0. The zero-order valence-electron chi connectivity index (χ0n) is 5.88. The zero-order chi connectivity index (χ0) is 7.40. The highest BCUT2D eigenvalue weighted by Gasteiger charge is 1.94. The molecule has 6 N–H and O–H groups in total. The Morgan fingerprint density at radius 3 is 2.10 bits per heavy atom. The summed E-state index contributed by atoms with van der Waals surface area (Å²) in [4.78, 5) is 8.11. The minimum absolute atomic E-state index is 0.650. The zero-order valence-corrected chi connectivity index (χ0v) is 5.88. The summed E-state index contributed by atoms with van der Waals surface area (Å²) in [7, 11) is 0. The van der Waals surface area contributed by atoms with Crippen LogP contribution in [-0.2, 0) is 13.1 Å². The van der Waals surface area contributed by atoms with Gasteiger partial charge in [0.25, 0.3) is 0 Å². The normalized spacial score (nSPS) is 9.80. The van der Waals surface area contributed by atoms with E-state index in [1.807, 2.05) is 0 Å². The molecule has 0 fully saturated rings. The molecule has 4 heteroatoms. The SMILES string of the molecule is [NH3+]Cc1cnc(C[NH3+])nc1. The van der Waals surface area contributed by atoms with Crippen LogP contribution in [0.5, 0.6) is 0 Å². The molecule has 0 spiro atoms. The highest BCUT2D eigenvalue weighted by Crippen LogP contribution is 1.91. The lowest BCUT2D eigenvalue weighted by molar-refractivity contribution is -0.389. The van der Waals surface area contributed by atoms with Crippen LogP contribution >= 0.6 is 0 Å². The van der Waals surface area contributed by atoms with Gasteiger partial charge in [-0.1, -0.05) is 0 Å². The van der Waals surface area contributed by atoms with Gasteiger partial charge >= 0.3 is 0 Å². The summed E-state index contributed by atoms with van der Waals surface area (Å²) in [5, 5.41) is 0. The van der Waals surface area contributed by atoms with Gasteiger partial charge < -0.3 is 11.5 Å². The minimum atomic E-state index is 0.650. The van der Waals surface area contributed by atoms with Crippen molar-refractivity contribution in [2.45, 2.75) is 13.1 Å². The first kappa shape index (κ1) is 7.11. The van der Waals surface area contributed by atoms with Gasteiger partial charge in [-0.15, -0.1) is 0 Å². The molecule has 0 atom stereocenters. The first-order chi connectivity index (χ1) is 4.86. The molecule has 0 unspecified atom stereocenters. The number of aromatic nitrogens is 2. The third-order valence-corrected chi connectivity index (χ3v) is 1.27. The molecule has 0 aliphatic heterocycles. The first-order valence-corrected chi connectivity index (χ1v) is 3.25. The van der Waals surface area contributed by atoms with E-state index in [4.69, 9.17) is 0 Å². The third-order valence-electron chi connectivity index (χ3n) is 1.27. The lowest BCUT2D eigenvalue weighted by Crippen LogP contribution is -2.49. The van der Waals surface area contributed by atoms with Gasteiger partial charge in [0.2, 0.25) is 0 Å². The summed E-state index contributed by atoms with van der Waals surface area (Å²) in [6, 6.07) is 0. The van der Waals surface area contributed by atoms with Gasteiger partial charge in [-0.25, -0.2) is 9.97 Å². The van der Waals surface area contributed by atoms with Crippen molar-refractivity contribution in [1.82, 2.24) is 9.97 Å². The largest absolute Gasteiger partial charge is 0.354 e. The predicted molar refractivity (Wildman–Crippen MR) is 35.2 cm³/mol. The average molecular weight is 140 g/mol. The molecule has 0 aliphatic carbocycles. The van der Waals surface area contributed by atoms with E-state index in [9.17, 15) is 0 Å². The summed E-state index contributed by atoms with van der Waals surface area (Å²) < 4.78 is 0. The van der Waals surface area contributed by atoms with Gasteiger partial charge in [0.05, 0.1) is 0 Å². The molecular formula is C6H12N4+2. The van der Waals surface area contributed by atoms with E-state index in [0.717, 1.165) is 17.9 Å². The molecule has 0 bridgehead atoms. The van der Waals surface area contributed by atoms with Crippen molar-refractivity contribution in [3.05, 3.63) is 23.8 Å². The van der Waals surface area contributed by atoms with Crippen LogP contribution in [0.1, 0.15) is 11.4 Å². The molecule has 54 valence electrons. The molecule has 1 rings (SSSR count). The van der Waals surface area contributed by atoms with Crippen molar-refractivity contribution in [3.63, 3.8) is 0 Å². The Bertz CT molecular complexity index is 170. The fourth-order valence-electron chi connectivity index (χ4n) is 0.640. The number of rotatable bonds is 2. The number of quaternary nitrogens is 2. The van der Waals surface area contributed by atoms with E-state index in [1.54, 1.807) is 12.4 Å². The Balaban J connectivity index is 2.80. The van der Waals surface area contributed by atoms with Crippen LogP contribution in [-0.4, -0.2) is 9.97 Å². The molecular weight excluding hydrogens is 128 g/mol. The summed E-state index contributed by atoms with van der Waals surface area (Å²) in [6.45, 7) is 1.40. The number of hydrogen-bond acceptors (Lipinski definition) is 2. The Morgan fingerprint density at radius 2 is 1.70 bits per heavy atom. The Morgan fingerprint density at radius 1 is 1.10 bits per heavy atom. The molecule has 0 saturated carbocycles. The van der Waals surface area contributed by atoms with E-state index < -0.39 is 0 Å². The second-order valence-corrected chi connectivity index (χ2v) is 2.01. The van der Waals surface area contributed by atoms with Crippen molar-refractivity contribution < 1.29 is 11.5 Å². The highest BCUT2D eigenvalue weighted by molar-refractivity contribution is 5.02. The van der Waals surface area contributed by atoms with Crippen LogP contribution in [0, 0.1) is 0 Å². The van der Waals surface area contributed by atoms with Crippen LogP contribution in [0.3, 0.4) is 0 Å². The number of hydrogen-bond donors (Lipinski definition) is 2. The smallest absolute Gasteiger partial charge is 0.183 e. The van der Waals surface area contributed by atoms with E-state index in [2.05, 4.69) is 21.4 Å². The van der Waals surface area contributed by atoms with E-state index in [1.165, 1.54) is 0 Å². The molecule has 1 heterocycles. The maximum absolute atomic E-state index is 4.05. The van der Waals surface area contributed by atoms with Crippen molar-refractivity contribution in [2.24, 2.45) is 0 Å². The summed E-state index contributed by atoms with van der Waals surface area (Å²) in [5.41, 5.74) is 8.45.